The third-order valence-corrected chi connectivity index (χ3v) is 7.75. The fourth-order valence-corrected chi connectivity index (χ4v) is 5.44. The van der Waals surface area contributed by atoms with Gasteiger partial charge >= 0.3 is 0 Å². The van der Waals surface area contributed by atoms with Crippen molar-refractivity contribution >= 4 is 15.9 Å². The first kappa shape index (κ1) is 23.1. The highest BCUT2D eigenvalue weighted by molar-refractivity contribution is 7.89. The van der Waals surface area contributed by atoms with Gasteiger partial charge in [-0.05, 0) is 32.4 Å². The molecule has 0 bridgehead atoms. The minimum atomic E-state index is -3.73. The number of carbonyl (C=O) groups excluding carboxylic acids is 1. The quantitative estimate of drug-likeness (QED) is 0.530. The summed E-state index contributed by atoms with van der Waals surface area (Å²) >= 11 is 0. The number of amides is 1. The number of halogens is 1. The van der Waals surface area contributed by atoms with Gasteiger partial charge in [0.1, 0.15) is 16.4 Å². The zero-order valence-electron chi connectivity index (χ0n) is 18.5. The van der Waals surface area contributed by atoms with Gasteiger partial charge in [0.2, 0.25) is 27.6 Å². The summed E-state index contributed by atoms with van der Waals surface area (Å²) in [5.41, 5.74) is 1.33. The van der Waals surface area contributed by atoms with E-state index in [4.69, 9.17) is 9.05 Å². The third kappa shape index (κ3) is 4.67. The maximum Gasteiger partial charge on any atom is 0.248 e. The Morgan fingerprint density at radius 2 is 1.82 bits per heavy atom. The average molecular weight is 478 g/mol. The molecule has 176 valence electrons. The Hall–Kier alpha value is -3.12. The van der Waals surface area contributed by atoms with Gasteiger partial charge in [-0.2, -0.15) is 9.29 Å². The molecule has 1 saturated heterocycles. The number of rotatable bonds is 6. The lowest BCUT2D eigenvalue weighted by molar-refractivity contribution is -0.132. The number of sulfonamides is 1. The number of aryl methyl sites for hydroxylation is 4. The lowest BCUT2D eigenvalue weighted by Crippen LogP contribution is -2.50. The molecule has 1 aliphatic rings. The minimum Gasteiger partial charge on any atom is -0.360 e. The molecule has 0 unspecified atom stereocenters. The van der Waals surface area contributed by atoms with Crippen LogP contribution >= 0.6 is 0 Å². The first-order valence-electron chi connectivity index (χ1n) is 10.5. The zero-order valence-corrected chi connectivity index (χ0v) is 19.4. The summed E-state index contributed by atoms with van der Waals surface area (Å²) < 4.78 is 51.1. The molecule has 10 nitrogen and oxygen atoms in total. The fraction of sp³-hybridized carbons (Fsp3) is 0.429. The number of carbonyl (C=O) groups is 1. The predicted octanol–water partition coefficient (Wildman–Crippen LogP) is 2.25. The highest BCUT2D eigenvalue weighted by atomic mass is 32.2. The van der Waals surface area contributed by atoms with E-state index in [2.05, 4.69) is 15.3 Å². The van der Waals surface area contributed by atoms with E-state index in [1.165, 1.54) is 10.4 Å². The Balaban J connectivity index is 1.32. The van der Waals surface area contributed by atoms with Crippen LogP contribution in [0, 0.1) is 26.6 Å². The molecule has 1 fully saturated rings. The van der Waals surface area contributed by atoms with Crippen LogP contribution in [0.3, 0.4) is 0 Å². The number of hydrogen-bond donors (Lipinski definition) is 0. The Morgan fingerprint density at radius 3 is 2.45 bits per heavy atom. The van der Waals surface area contributed by atoms with Crippen LogP contribution in [0.2, 0.25) is 0 Å². The largest absolute Gasteiger partial charge is 0.360 e. The zero-order chi connectivity index (χ0) is 23.8. The van der Waals surface area contributed by atoms with Crippen molar-refractivity contribution in [1.29, 1.82) is 0 Å². The summed E-state index contributed by atoms with van der Waals surface area (Å²) in [6.45, 7) is 5.73. The number of hydrogen-bond acceptors (Lipinski definition) is 8. The maximum atomic E-state index is 13.8. The molecule has 0 aliphatic carbocycles. The molecular weight excluding hydrogens is 453 g/mol. The van der Waals surface area contributed by atoms with Crippen LogP contribution in [0.5, 0.6) is 0 Å². The normalized spacial score (nSPS) is 15.2. The van der Waals surface area contributed by atoms with Gasteiger partial charge in [-0.15, -0.1) is 0 Å². The topological polar surface area (TPSA) is 123 Å². The van der Waals surface area contributed by atoms with Gasteiger partial charge in [0.15, 0.2) is 5.76 Å². The SMILES string of the molecule is Cc1ccc(-c2noc(CCC(=O)N3CCN(S(=O)(=O)c4c(C)noc4C)CC3)n2)cc1F. The number of aromatic nitrogens is 3. The summed E-state index contributed by atoms with van der Waals surface area (Å²) in [6, 6.07) is 4.68. The number of nitrogens with zero attached hydrogens (tertiary/aromatic N) is 5. The fourth-order valence-electron chi connectivity index (χ4n) is 3.73. The monoisotopic (exact) mass is 477 g/mol. The first-order valence-corrected chi connectivity index (χ1v) is 11.9. The smallest absolute Gasteiger partial charge is 0.248 e. The van der Waals surface area contributed by atoms with Gasteiger partial charge in [0, 0.05) is 44.6 Å². The minimum absolute atomic E-state index is 0.0860. The van der Waals surface area contributed by atoms with Crippen LogP contribution in [0.4, 0.5) is 4.39 Å². The van der Waals surface area contributed by atoms with Gasteiger partial charge in [0.25, 0.3) is 0 Å². The predicted molar refractivity (Wildman–Crippen MR) is 114 cm³/mol. The molecule has 0 radical (unpaired) electrons. The molecule has 3 heterocycles. The van der Waals surface area contributed by atoms with Crippen molar-refractivity contribution in [2.45, 2.75) is 38.5 Å². The molecule has 4 rings (SSSR count). The highest BCUT2D eigenvalue weighted by Gasteiger charge is 2.34. The van der Waals surface area contributed by atoms with Crippen molar-refractivity contribution < 1.29 is 26.6 Å². The molecule has 2 aromatic heterocycles. The molecule has 0 spiro atoms. The lowest BCUT2D eigenvalue weighted by Gasteiger charge is -2.33. The van der Waals surface area contributed by atoms with E-state index in [0.29, 0.717) is 16.8 Å². The second kappa shape index (κ2) is 9.02. The van der Waals surface area contributed by atoms with Crippen LogP contribution in [0.15, 0.2) is 32.1 Å². The average Bonchev–Trinajstić information content (AvgIpc) is 3.40. The number of piperazine rings is 1. The van der Waals surface area contributed by atoms with Gasteiger partial charge in [-0.3, -0.25) is 4.79 Å². The molecule has 1 aromatic carbocycles. The van der Waals surface area contributed by atoms with E-state index in [-0.39, 0.29) is 73.1 Å². The van der Waals surface area contributed by atoms with Crippen LogP contribution in [-0.2, 0) is 21.2 Å². The second-order valence-corrected chi connectivity index (χ2v) is 9.79. The molecule has 0 atom stereocenters. The van der Waals surface area contributed by atoms with Crippen LogP contribution in [-0.4, -0.2) is 65.0 Å². The lowest BCUT2D eigenvalue weighted by atomic mass is 10.1. The van der Waals surface area contributed by atoms with E-state index in [1.807, 2.05) is 0 Å². The van der Waals surface area contributed by atoms with E-state index in [0.717, 1.165) is 0 Å². The molecule has 0 saturated carbocycles. The Kier molecular flexibility index (Phi) is 6.30. The molecular formula is C21H24FN5O5S. The van der Waals surface area contributed by atoms with Crippen LogP contribution in [0.1, 0.15) is 29.3 Å². The van der Waals surface area contributed by atoms with Crippen molar-refractivity contribution in [3.8, 4) is 11.4 Å². The Labute approximate surface area is 190 Å². The maximum absolute atomic E-state index is 13.8. The molecule has 3 aromatic rings. The van der Waals surface area contributed by atoms with Gasteiger partial charge < -0.3 is 13.9 Å². The van der Waals surface area contributed by atoms with E-state index in [1.54, 1.807) is 37.8 Å². The van der Waals surface area contributed by atoms with Crippen molar-refractivity contribution in [2.75, 3.05) is 26.2 Å². The summed E-state index contributed by atoms with van der Waals surface area (Å²) in [7, 11) is -3.73. The van der Waals surface area contributed by atoms with Crippen molar-refractivity contribution in [3.05, 3.63) is 46.9 Å². The van der Waals surface area contributed by atoms with Gasteiger partial charge in [-0.25, -0.2) is 12.8 Å². The molecule has 1 aliphatic heterocycles. The van der Waals surface area contributed by atoms with Gasteiger partial charge in [0.05, 0.1) is 0 Å². The van der Waals surface area contributed by atoms with Crippen molar-refractivity contribution in [2.24, 2.45) is 0 Å². The van der Waals surface area contributed by atoms with Crippen molar-refractivity contribution in [1.82, 2.24) is 24.5 Å². The highest BCUT2D eigenvalue weighted by Crippen LogP contribution is 2.24. The standard InChI is InChI=1S/C21H24FN5O5S/c1-13-4-5-16(12-17(13)22)21-23-18(32-25-21)6-7-19(28)26-8-10-27(11-9-26)33(29,30)20-14(2)24-31-15(20)3/h4-5,12H,6-11H2,1-3H3. The Morgan fingerprint density at radius 1 is 1.09 bits per heavy atom. The van der Waals surface area contributed by atoms with E-state index >= 15 is 0 Å². The summed E-state index contributed by atoms with van der Waals surface area (Å²) in [4.78, 5) is 18.6. The second-order valence-electron chi connectivity index (χ2n) is 7.91. The van der Waals surface area contributed by atoms with E-state index < -0.39 is 10.0 Å². The number of benzene rings is 1. The summed E-state index contributed by atoms with van der Waals surface area (Å²) in [6.07, 6.45) is 0.373. The molecule has 0 N–H and O–H groups in total. The van der Waals surface area contributed by atoms with Gasteiger partial charge in [-0.1, -0.05) is 22.4 Å². The summed E-state index contributed by atoms with van der Waals surface area (Å²) in [5, 5.41) is 7.58. The summed E-state index contributed by atoms with van der Waals surface area (Å²) in [5.74, 6) is 0.293. The first-order chi connectivity index (χ1) is 15.7. The molecule has 1 amide bonds. The van der Waals surface area contributed by atoms with E-state index in [9.17, 15) is 17.6 Å². The third-order valence-electron chi connectivity index (χ3n) is 5.61. The van der Waals surface area contributed by atoms with Crippen molar-refractivity contribution in [3.63, 3.8) is 0 Å². The molecule has 33 heavy (non-hydrogen) atoms. The Bertz CT molecular complexity index is 1260. The van der Waals surface area contributed by atoms with Crippen LogP contribution < -0.4 is 0 Å². The molecule has 12 heteroatoms. The van der Waals surface area contributed by atoms with Crippen LogP contribution in [0.25, 0.3) is 11.4 Å².